The smallest absolute Gasteiger partial charge is 1.00 e. The van der Waals surface area contributed by atoms with Crippen LogP contribution in [0, 0.1) is 6.92 Å². The molecule has 2 N–H and O–H groups in total. The number of halogens is 1. The minimum absolute atomic E-state index is 0. The largest absolute Gasteiger partial charge is 1.00 e. The van der Waals surface area contributed by atoms with Crippen LogP contribution in [0.4, 0.5) is 0 Å². The van der Waals surface area contributed by atoms with Crippen molar-refractivity contribution in [3.8, 4) is 11.1 Å². The molecule has 0 aromatic heterocycles. The maximum atomic E-state index is 13.2. The quantitative estimate of drug-likeness (QED) is 0.284. The van der Waals surface area contributed by atoms with E-state index in [2.05, 4.69) is 5.32 Å². The molecule has 0 fully saturated rings. The van der Waals surface area contributed by atoms with Crippen molar-refractivity contribution in [2.45, 2.75) is 32.4 Å². The van der Waals surface area contributed by atoms with E-state index in [1.165, 1.54) is 0 Å². The van der Waals surface area contributed by atoms with E-state index >= 15 is 0 Å². The van der Waals surface area contributed by atoms with Gasteiger partial charge in [-0.2, -0.15) is 11.8 Å². The summed E-state index contributed by atoms with van der Waals surface area (Å²) in [6.45, 7) is 2.95. The van der Waals surface area contributed by atoms with E-state index in [9.17, 15) is 14.7 Å². The molecule has 0 heterocycles. The second kappa shape index (κ2) is 15.1. The summed E-state index contributed by atoms with van der Waals surface area (Å²) in [5, 5.41) is 12.9. The van der Waals surface area contributed by atoms with Gasteiger partial charge in [0.15, 0.2) is 0 Å². The van der Waals surface area contributed by atoms with Gasteiger partial charge >= 0.3 is 24.8 Å². The van der Waals surface area contributed by atoms with Gasteiger partial charge < -0.3 is 16.6 Å². The van der Waals surface area contributed by atoms with Gasteiger partial charge in [0.2, 0.25) is 0 Å². The first-order valence-corrected chi connectivity index (χ1v) is 13.2. The fourth-order valence-electron chi connectivity index (χ4n) is 3.74. The summed E-state index contributed by atoms with van der Waals surface area (Å²) >= 11 is 7.49. The summed E-state index contributed by atoms with van der Waals surface area (Å²) < 4.78 is 5.90. The zero-order chi connectivity index (χ0) is 25.2. The number of carboxylic acid groups (broad SMARTS) is 1. The van der Waals surface area contributed by atoms with E-state index in [-0.39, 0.29) is 20.3 Å². The number of ether oxygens (including phenoxy) is 1. The monoisotopic (exact) mass is 519 g/mol. The Bertz CT molecular complexity index is 1160. The molecule has 1 atom stereocenters. The third-order valence-corrected chi connectivity index (χ3v) is 6.59. The number of carbonyl (C=O) groups is 2. The molecule has 3 aromatic carbocycles. The minimum Gasteiger partial charge on any atom is -1.00 e. The summed E-state index contributed by atoms with van der Waals surface area (Å²) in [6, 6.07) is 20.2. The third-order valence-electron chi connectivity index (χ3n) is 5.69. The Kier molecular flexibility index (Phi) is 12.6. The molecule has 5 nitrogen and oxygen atoms in total. The predicted molar refractivity (Wildman–Crippen MR) is 144 cm³/mol. The van der Waals surface area contributed by atoms with Crippen molar-refractivity contribution < 1.29 is 39.7 Å². The number of benzene rings is 3. The second-order valence-corrected chi connectivity index (χ2v) is 9.69. The first kappa shape index (κ1) is 30.0. The first-order chi connectivity index (χ1) is 16.9. The summed E-state index contributed by atoms with van der Waals surface area (Å²) in [7, 11) is 0. The Hall–Kier alpha value is -2.20. The summed E-state index contributed by atoms with van der Waals surface area (Å²) in [4.78, 5) is 24.8. The Morgan fingerprint density at radius 2 is 1.75 bits per heavy atom. The van der Waals surface area contributed by atoms with Crippen molar-refractivity contribution >= 4 is 35.2 Å². The molecular weight excluding hydrogens is 489 g/mol. The van der Waals surface area contributed by atoms with Gasteiger partial charge in [0.05, 0.1) is 13.2 Å². The minimum atomic E-state index is -1.03. The summed E-state index contributed by atoms with van der Waals surface area (Å²) in [5.74, 6) is -0.781. The number of thioether (sulfide) groups is 1. The van der Waals surface area contributed by atoms with Crippen molar-refractivity contribution in [1.82, 2.24) is 5.32 Å². The van der Waals surface area contributed by atoms with E-state index in [1.807, 2.05) is 73.8 Å². The zero-order valence-electron chi connectivity index (χ0n) is 21.9. The van der Waals surface area contributed by atoms with Crippen molar-refractivity contribution in [1.29, 1.82) is 0 Å². The number of carboxylic acids is 1. The van der Waals surface area contributed by atoms with Gasteiger partial charge in [-0.15, -0.1) is 0 Å². The van der Waals surface area contributed by atoms with Crippen LogP contribution in [0.1, 0.15) is 34.9 Å². The van der Waals surface area contributed by atoms with Crippen LogP contribution in [-0.2, 0) is 22.6 Å². The maximum Gasteiger partial charge on any atom is 1.00 e. The van der Waals surface area contributed by atoms with Gasteiger partial charge in [-0.3, -0.25) is 4.79 Å². The summed E-state index contributed by atoms with van der Waals surface area (Å²) in [5.41, 5.74) is 5.24. The fraction of sp³-hybridized carbons (Fsp3) is 0.286. The van der Waals surface area contributed by atoms with E-state index in [0.29, 0.717) is 36.0 Å². The van der Waals surface area contributed by atoms with Crippen LogP contribution in [0.25, 0.3) is 11.1 Å². The van der Waals surface area contributed by atoms with Crippen molar-refractivity contribution in [2.24, 2.45) is 0 Å². The van der Waals surface area contributed by atoms with Crippen LogP contribution in [0.3, 0.4) is 0 Å². The molecule has 0 unspecified atom stereocenters. The molecule has 0 saturated heterocycles. The number of aliphatic carboxylic acids is 1. The maximum absolute atomic E-state index is 13.2. The second-order valence-electron chi connectivity index (χ2n) is 8.27. The number of amides is 1. The van der Waals surface area contributed by atoms with E-state index in [1.54, 1.807) is 17.8 Å². The molecule has 0 spiro atoms. The van der Waals surface area contributed by atoms with Crippen LogP contribution >= 0.6 is 23.4 Å². The molecule has 36 heavy (non-hydrogen) atoms. The van der Waals surface area contributed by atoms with Crippen molar-refractivity contribution in [3.05, 3.63) is 94.0 Å². The SMILES string of the molecule is CSCC[C@H](NC(=O)c1ccc(COCCc2ccc(Cl)cc2)cc1-c1ccccc1C)C(=O)O.[H-].[Li+]. The van der Waals surface area contributed by atoms with Gasteiger partial charge in [-0.25, -0.2) is 4.79 Å². The molecule has 1 amide bonds. The molecule has 3 aromatic rings. The Morgan fingerprint density at radius 3 is 2.42 bits per heavy atom. The third kappa shape index (κ3) is 8.72. The number of hydrogen-bond acceptors (Lipinski definition) is 4. The first-order valence-electron chi connectivity index (χ1n) is 11.4. The van der Waals surface area contributed by atoms with Crippen LogP contribution in [0.2, 0.25) is 5.02 Å². The fourth-order valence-corrected chi connectivity index (χ4v) is 4.33. The van der Waals surface area contributed by atoms with Gasteiger partial charge in [-0.05, 0) is 83.9 Å². The molecule has 0 radical (unpaired) electrons. The Labute approximate surface area is 235 Å². The van der Waals surface area contributed by atoms with Crippen molar-refractivity contribution in [2.75, 3.05) is 18.6 Å². The number of aryl methyl sites for hydroxylation is 1. The van der Waals surface area contributed by atoms with Crippen LogP contribution in [0.15, 0.2) is 66.7 Å². The van der Waals surface area contributed by atoms with Crippen LogP contribution < -0.4 is 24.2 Å². The molecule has 0 aliphatic heterocycles. The molecule has 8 heteroatoms. The zero-order valence-corrected chi connectivity index (χ0v) is 22.5. The van der Waals surface area contributed by atoms with Crippen LogP contribution in [0.5, 0.6) is 0 Å². The summed E-state index contributed by atoms with van der Waals surface area (Å²) in [6.07, 6.45) is 3.05. The molecule has 0 aliphatic carbocycles. The topological polar surface area (TPSA) is 75.6 Å². The predicted octanol–water partition coefficient (Wildman–Crippen LogP) is 3.13. The molecule has 0 bridgehead atoms. The number of carbonyl (C=O) groups excluding carboxylic acids is 1. The molecule has 0 saturated carbocycles. The molecule has 186 valence electrons. The Balaban J connectivity index is 0.00000342. The average Bonchev–Trinajstić information content (AvgIpc) is 2.85. The number of rotatable bonds is 12. The molecule has 0 aliphatic rings. The Morgan fingerprint density at radius 1 is 1.06 bits per heavy atom. The number of hydrogen-bond donors (Lipinski definition) is 2. The van der Waals surface area contributed by atoms with Gasteiger partial charge in [0.25, 0.3) is 5.91 Å². The molecular formula is C28H31ClLiNO4S. The van der Waals surface area contributed by atoms with Crippen LogP contribution in [-0.4, -0.2) is 41.6 Å². The van der Waals surface area contributed by atoms with E-state index in [4.69, 9.17) is 16.3 Å². The average molecular weight is 520 g/mol. The standard InChI is InChI=1S/C28H30ClNO4S.Li.H/c1-19-5-3-4-6-23(19)25-17-21(18-34-15-13-20-7-10-22(29)11-8-20)9-12-24(25)27(31)30-26(28(32)33)14-16-35-2;;/h3-12,17,26H,13-16,18H2,1-2H3,(H,30,31)(H,32,33);;/q;+1;-1/t26-;;/m0../s1. The van der Waals surface area contributed by atoms with Crippen molar-refractivity contribution in [3.63, 3.8) is 0 Å². The van der Waals surface area contributed by atoms with E-state index < -0.39 is 17.9 Å². The normalized spacial score (nSPS) is 11.4. The molecule has 3 rings (SSSR count). The number of nitrogens with one attached hydrogen (secondary N) is 1. The van der Waals surface area contributed by atoms with E-state index in [0.717, 1.165) is 34.2 Å². The van der Waals surface area contributed by atoms with Gasteiger partial charge in [0.1, 0.15) is 6.04 Å². The van der Waals surface area contributed by atoms with Gasteiger partial charge in [-0.1, -0.05) is 54.1 Å². The van der Waals surface area contributed by atoms with Gasteiger partial charge in [0, 0.05) is 10.6 Å².